The van der Waals surface area contributed by atoms with Gasteiger partial charge >= 0.3 is 0 Å². The molecule has 2 aromatic carbocycles. The number of hydrogen-bond acceptors (Lipinski definition) is 5. The highest BCUT2D eigenvalue weighted by Crippen LogP contribution is 2.16. The maximum Gasteiger partial charge on any atom is 0.253 e. The Bertz CT molecular complexity index is 970. The van der Waals surface area contributed by atoms with Gasteiger partial charge in [-0.15, -0.1) is 0 Å². The summed E-state index contributed by atoms with van der Waals surface area (Å²) in [5.74, 6) is 1.16. The first-order chi connectivity index (χ1) is 16.5. The van der Waals surface area contributed by atoms with Crippen LogP contribution in [-0.2, 0) is 11.3 Å². The summed E-state index contributed by atoms with van der Waals surface area (Å²) in [6, 6.07) is 16.3. The smallest absolute Gasteiger partial charge is 0.253 e. The van der Waals surface area contributed by atoms with E-state index in [1.807, 2.05) is 48.2 Å². The van der Waals surface area contributed by atoms with Crippen molar-refractivity contribution in [3.8, 4) is 5.75 Å². The number of piperazine rings is 1. The van der Waals surface area contributed by atoms with Crippen molar-refractivity contribution in [2.45, 2.75) is 32.4 Å². The van der Waals surface area contributed by atoms with Gasteiger partial charge in [-0.3, -0.25) is 14.5 Å². The summed E-state index contributed by atoms with van der Waals surface area (Å²) < 4.78 is 6.04. The molecule has 4 rings (SSSR count). The number of benzene rings is 2. The molecular weight excluding hydrogens is 428 g/mol. The molecule has 0 spiro atoms. The third-order valence-corrected chi connectivity index (χ3v) is 6.60. The van der Waals surface area contributed by atoms with Crippen LogP contribution >= 0.6 is 0 Å². The van der Waals surface area contributed by atoms with Gasteiger partial charge in [-0.05, 0) is 50.2 Å². The fourth-order valence-electron chi connectivity index (χ4n) is 4.65. The van der Waals surface area contributed by atoms with Crippen LogP contribution in [0.25, 0.3) is 0 Å². The minimum absolute atomic E-state index is 0.119. The molecule has 1 atom stereocenters. The highest BCUT2D eigenvalue weighted by molar-refractivity contribution is 5.94. The molecule has 0 bridgehead atoms. The molecule has 2 amide bonds. The minimum atomic E-state index is 0.119. The monoisotopic (exact) mass is 464 g/mol. The van der Waals surface area contributed by atoms with Crippen LogP contribution in [0.15, 0.2) is 48.5 Å². The van der Waals surface area contributed by atoms with Crippen molar-refractivity contribution in [1.29, 1.82) is 0 Å². The maximum absolute atomic E-state index is 12.7. The number of nitrogens with one attached hydrogen (secondary N) is 1. The normalized spacial score (nSPS) is 18.9. The molecule has 2 fully saturated rings. The highest BCUT2D eigenvalue weighted by Gasteiger charge is 2.23. The van der Waals surface area contributed by atoms with Gasteiger partial charge in [0.25, 0.3) is 5.91 Å². The molecule has 0 radical (unpaired) electrons. The third kappa shape index (κ3) is 6.81. The topological polar surface area (TPSA) is 65.1 Å². The van der Waals surface area contributed by atoms with Crippen LogP contribution in [0.1, 0.15) is 34.3 Å². The fraction of sp³-hybridized carbons (Fsp3) is 0.481. The summed E-state index contributed by atoms with van der Waals surface area (Å²) in [5.41, 5.74) is 3.13. The van der Waals surface area contributed by atoms with E-state index in [9.17, 15) is 9.59 Å². The van der Waals surface area contributed by atoms with Crippen molar-refractivity contribution in [3.05, 3.63) is 65.2 Å². The average molecular weight is 465 g/mol. The maximum atomic E-state index is 12.7. The summed E-state index contributed by atoms with van der Waals surface area (Å²) >= 11 is 0. The molecule has 1 N–H and O–H groups in total. The van der Waals surface area contributed by atoms with Crippen LogP contribution in [0.2, 0.25) is 0 Å². The number of aryl methyl sites for hydroxylation is 1. The molecule has 34 heavy (non-hydrogen) atoms. The molecule has 7 heteroatoms. The molecule has 2 aromatic rings. The molecule has 182 valence electrons. The van der Waals surface area contributed by atoms with Crippen molar-refractivity contribution >= 4 is 11.8 Å². The van der Waals surface area contributed by atoms with E-state index in [0.29, 0.717) is 13.0 Å². The molecule has 2 aliphatic heterocycles. The van der Waals surface area contributed by atoms with Gasteiger partial charge in [0.15, 0.2) is 0 Å². The largest absolute Gasteiger partial charge is 0.492 e. The number of carbonyl (C=O) groups is 2. The van der Waals surface area contributed by atoms with Crippen LogP contribution in [0.5, 0.6) is 5.75 Å². The molecular formula is C27H36N4O3. The van der Waals surface area contributed by atoms with Crippen LogP contribution in [0.3, 0.4) is 0 Å². The number of hydrogen-bond donors (Lipinski definition) is 1. The van der Waals surface area contributed by atoms with Crippen molar-refractivity contribution < 1.29 is 14.3 Å². The molecule has 2 heterocycles. The summed E-state index contributed by atoms with van der Waals surface area (Å²) in [6.07, 6.45) is 1.56. The second-order valence-electron chi connectivity index (χ2n) is 9.50. The SMILES string of the molecule is Cc1ccc(C(=O)N2CCN(CCOc3cccc(CN(C)C[C@@H]4CCC(=O)N4)c3)CC2)cc1. The number of likely N-dealkylation sites (N-methyl/N-ethyl adjacent to an activating group) is 1. The number of amides is 2. The number of carbonyl (C=O) groups excluding carboxylic acids is 2. The zero-order chi connectivity index (χ0) is 23.9. The zero-order valence-electron chi connectivity index (χ0n) is 20.3. The highest BCUT2D eigenvalue weighted by atomic mass is 16.5. The van der Waals surface area contributed by atoms with Gasteiger partial charge in [-0.25, -0.2) is 0 Å². The van der Waals surface area contributed by atoms with Gasteiger partial charge in [0.1, 0.15) is 12.4 Å². The summed E-state index contributed by atoms with van der Waals surface area (Å²) in [5, 5.41) is 3.03. The summed E-state index contributed by atoms with van der Waals surface area (Å²) in [7, 11) is 2.08. The quantitative estimate of drug-likeness (QED) is 0.618. The van der Waals surface area contributed by atoms with E-state index >= 15 is 0 Å². The standard InChI is InChI=1S/C27H36N4O3/c1-21-6-8-23(9-7-21)27(33)31-14-12-30(13-15-31)16-17-34-25-5-3-4-22(18-25)19-29(2)20-24-10-11-26(32)28-24/h3-9,18,24H,10-17,19-20H2,1-2H3,(H,28,32)/t24-/m0/s1. The van der Waals surface area contributed by atoms with Crippen molar-refractivity contribution in [2.75, 3.05) is 52.9 Å². The minimum Gasteiger partial charge on any atom is -0.492 e. The lowest BCUT2D eigenvalue weighted by Gasteiger charge is -2.34. The van der Waals surface area contributed by atoms with Gasteiger partial charge in [-0.1, -0.05) is 29.8 Å². The third-order valence-electron chi connectivity index (χ3n) is 6.60. The van der Waals surface area contributed by atoms with Gasteiger partial charge in [0.2, 0.25) is 5.91 Å². The summed E-state index contributed by atoms with van der Waals surface area (Å²) in [4.78, 5) is 30.6. The Morgan fingerprint density at radius 1 is 1.12 bits per heavy atom. The van der Waals surface area contributed by atoms with E-state index in [4.69, 9.17) is 4.74 Å². The predicted octanol–water partition coefficient (Wildman–Crippen LogP) is 2.54. The summed E-state index contributed by atoms with van der Waals surface area (Å²) in [6.45, 7) is 8.40. The molecule has 0 saturated carbocycles. The first-order valence-corrected chi connectivity index (χ1v) is 12.2. The second kappa shape index (κ2) is 11.5. The Hall–Kier alpha value is -2.90. The molecule has 0 aliphatic carbocycles. The van der Waals surface area contributed by atoms with E-state index in [-0.39, 0.29) is 17.9 Å². The molecule has 0 aromatic heterocycles. The lowest BCUT2D eigenvalue weighted by molar-refractivity contribution is -0.119. The van der Waals surface area contributed by atoms with E-state index in [2.05, 4.69) is 34.3 Å². The van der Waals surface area contributed by atoms with Gasteiger partial charge in [0.05, 0.1) is 0 Å². The van der Waals surface area contributed by atoms with E-state index in [1.165, 1.54) is 5.56 Å². The van der Waals surface area contributed by atoms with Crippen LogP contribution in [0, 0.1) is 6.92 Å². The first-order valence-electron chi connectivity index (χ1n) is 12.2. The van der Waals surface area contributed by atoms with E-state index in [0.717, 1.165) is 69.1 Å². The number of nitrogens with zero attached hydrogens (tertiary/aromatic N) is 3. The van der Waals surface area contributed by atoms with Gasteiger partial charge in [0, 0.05) is 63.8 Å². The predicted molar refractivity (Wildman–Crippen MR) is 133 cm³/mol. The fourth-order valence-corrected chi connectivity index (χ4v) is 4.65. The van der Waals surface area contributed by atoms with Gasteiger partial charge < -0.3 is 19.9 Å². The Balaban J connectivity index is 1.17. The van der Waals surface area contributed by atoms with Crippen molar-refractivity contribution in [2.24, 2.45) is 0 Å². The Labute approximate surface area is 202 Å². The van der Waals surface area contributed by atoms with Crippen LogP contribution in [-0.4, -0.2) is 85.5 Å². The lowest BCUT2D eigenvalue weighted by Crippen LogP contribution is -2.49. The van der Waals surface area contributed by atoms with Crippen molar-refractivity contribution in [1.82, 2.24) is 20.0 Å². The Morgan fingerprint density at radius 3 is 2.59 bits per heavy atom. The average Bonchev–Trinajstić information content (AvgIpc) is 3.24. The Morgan fingerprint density at radius 2 is 1.88 bits per heavy atom. The first kappa shape index (κ1) is 24.2. The van der Waals surface area contributed by atoms with E-state index in [1.54, 1.807) is 0 Å². The number of rotatable bonds is 9. The molecule has 2 saturated heterocycles. The molecule has 7 nitrogen and oxygen atoms in total. The van der Waals surface area contributed by atoms with Crippen LogP contribution in [0.4, 0.5) is 0 Å². The lowest BCUT2D eigenvalue weighted by atomic mass is 10.1. The van der Waals surface area contributed by atoms with Crippen LogP contribution < -0.4 is 10.1 Å². The molecule has 2 aliphatic rings. The second-order valence-corrected chi connectivity index (χ2v) is 9.50. The number of ether oxygens (including phenoxy) is 1. The zero-order valence-corrected chi connectivity index (χ0v) is 20.3. The molecule has 0 unspecified atom stereocenters. The van der Waals surface area contributed by atoms with E-state index < -0.39 is 0 Å². The van der Waals surface area contributed by atoms with Crippen molar-refractivity contribution in [3.63, 3.8) is 0 Å². The van der Waals surface area contributed by atoms with Gasteiger partial charge in [-0.2, -0.15) is 0 Å². The Kier molecular flexibility index (Phi) is 8.19.